The van der Waals surface area contributed by atoms with Crippen molar-refractivity contribution in [1.29, 1.82) is 0 Å². The number of tetrazole rings is 1. The van der Waals surface area contributed by atoms with Gasteiger partial charge in [-0.2, -0.15) is 0 Å². The first-order chi connectivity index (χ1) is 21.9. The first kappa shape index (κ1) is 28.7. The number of methoxy groups -OCH3 is 1. The number of nitrogens with zero attached hydrogens (tertiary/aromatic N) is 5. The topological polar surface area (TPSA) is 126 Å². The Bertz CT molecular complexity index is 1890. The second kappa shape index (κ2) is 12.1. The summed E-state index contributed by atoms with van der Waals surface area (Å²) in [7, 11) is 1.65. The highest BCUT2D eigenvalue weighted by molar-refractivity contribution is 5.83. The number of rotatable bonds is 10. The number of pyridine rings is 1. The van der Waals surface area contributed by atoms with Crippen molar-refractivity contribution < 1.29 is 23.7 Å². The summed E-state index contributed by atoms with van der Waals surface area (Å²) in [5.41, 5.74) is 3.18. The molecule has 45 heavy (non-hydrogen) atoms. The summed E-state index contributed by atoms with van der Waals surface area (Å²) in [4.78, 5) is 18.8. The lowest BCUT2D eigenvalue weighted by atomic mass is 9.99. The van der Waals surface area contributed by atoms with Crippen molar-refractivity contribution >= 4 is 10.9 Å². The molecule has 5 aromatic rings. The van der Waals surface area contributed by atoms with Crippen molar-refractivity contribution in [3.05, 3.63) is 93.5 Å². The van der Waals surface area contributed by atoms with Crippen LogP contribution in [-0.2, 0) is 19.6 Å². The fourth-order valence-corrected chi connectivity index (χ4v) is 5.97. The van der Waals surface area contributed by atoms with Crippen LogP contribution in [0.2, 0.25) is 0 Å². The second-order valence-electron chi connectivity index (χ2n) is 11.5. The standard InChI is InChI=1S/C33H34N6O6/c1-20(2)31(32-35-36-37-39(32)17-21-4-7-25(41-3)8-5-21)38(16-22-6-9-27-28(12-22)45-19-44-27)18-24-13-23-14-29-30(43-11-10-42-29)15-26(23)34-33(24)40/h4-9,12-15,20,31H,10-11,16-19H2,1-3H3,(H,34,40)/t31-/m0/s1. The van der Waals surface area contributed by atoms with Crippen LogP contribution in [0.4, 0.5) is 0 Å². The van der Waals surface area contributed by atoms with E-state index in [1.807, 2.05) is 65.3 Å². The van der Waals surface area contributed by atoms with E-state index in [1.54, 1.807) is 7.11 Å². The predicted octanol–water partition coefficient (Wildman–Crippen LogP) is 4.47. The number of aromatic nitrogens is 5. The third-order valence-electron chi connectivity index (χ3n) is 8.12. The minimum atomic E-state index is -0.237. The summed E-state index contributed by atoms with van der Waals surface area (Å²) >= 11 is 0. The van der Waals surface area contributed by atoms with Crippen LogP contribution >= 0.6 is 0 Å². The van der Waals surface area contributed by atoms with E-state index in [0.29, 0.717) is 67.0 Å². The lowest BCUT2D eigenvalue weighted by Crippen LogP contribution is -2.35. The number of fused-ring (bicyclic) bond motifs is 3. The van der Waals surface area contributed by atoms with Gasteiger partial charge in [-0.15, -0.1) is 5.10 Å². The van der Waals surface area contributed by atoms with Crippen LogP contribution in [0.15, 0.2) is 65.5 Å². The lowest BCUT2D eigenvalue weighted by Gasteiger charge is -2.33. The van der Waals surface area contributed by atoms with E-state index in [9.17, 15) is 4.79 Å². The maximum absolute atomic E-state index is 13.5. The molecular formula is C33H34N6O6. The molecule has 0 spiro atoms. The summed E-state index contributed by atoms with van der Waals surface area (Å²) in [6.07, 6.45) is 0. The fourth-order valence-electron chi connectivity index (χ4n) is 5.97. The van der Waals surface area contributed by atoms with Crippen LogP contribution in [0.5, 0.6) is 28.7 Å². The Morgan fingerprint density at radius 2 is 1.62 bits per heavy atom. The summed E-state index contributed by atoms with van der Waals surface area (Å²) in [5, 5.41) is 13.8. The van der Waals surface area contributed by atoms with Gasteiger partial charge in [0.25, 0.3) is 5.56 Å². The molecular weight excluding hydrogens is 576 g/mol. The van der Waals surface area contributed by atoms with E-state index in [2.05, 4.69) is 39.3 Å². The van der Waals surface area contributed by atoms with Gasteiger partial charge < -0.3 is 28.7 Å². The fraction of sp³-hybridized carbons (Fsp3) is 0.333. The Hall–Kier alpha value is -5.10. The molecule has 0 fully saturated rings. The van der Waals surface area contributed by atoms with Crippen molar-refractivity contribution in [3.8, 4) is 28.7 Å². The largest absolute Gasteiger partial charge is 0.497 e. The van der Waals surface area contributed by atoms with E-state index >= 15 is 0 Å². The molecule has 4 heterocycles. The van der Waals surface area contributed by atoms with Gasteiger partial charge in [0, 0.05) is 30.1 Å². The molecule has 7 rings (SSSR count). The molecule has 12 heteroatoms. The normalized spacial score (nSPS) is 14.3. The number of nitrogens with one attached hydrogen (secondary N) is 1. The quantitative estimate of drug-likeness (QED) is 0.242. The predicted molar refractivity (Wildman–Crippen MR) is 165 cm³/mol. The summed E-state index contributed by atoms with van der Waals surface area (Å²) < 4.78 is 29.9. The van der Waals surface area contributed by atoms with Crippen LogP contribution < -0.4 is 29.2 Å². The monoisotopic (exact) mass is 610 g/mol. The first-order valence-electron chi connectivity index (χ1n) is 14.9. The zero-order chi connectivity index (χ0) is 30.9. The Kier molecular flexibility index (Phi) is 7.72. The minimum absolute atomic E-state index is 0.0942. The SMILES string of the molecule is COc1ccc(Cn2nnnc2[C@H](C(C)C)N(Cc2ccc3c(c2)OCO3)Cc2cc3cc4c(cc3[nH]c2=O)OCCO4)cc1. The Balaban J connectivity index is 1.26. The van der Waals surface area contributed by atoms with Crippen molar-refractivity contribution in [1.82, 2.24) is 30.1 Å². The minimum Gasteiger partial charge on any atom is -0.497 e. The van der Waals surface area contributed by atoms with Crippen molar-refractivity contribution in [2.75, 3.05) is 27.1 Å². The maximum atomic E-state index is 13.5. The van der Waals surface area contributed by atoms with Gasteiger partial charge in [0.1, 0.15) is 19.0 Å². The third kappa shape index (κ3) is 5.88. The molecule has 232 valence electrons. The summed E-state index contributed by atoms with van der Waals surface area (Å²) in [5.74, 6) is 4.30. The highest BCUT2D eigenvalue weighted by atomic mass is 16.7. The van der Waals surface area contributed by atoms with Crippen LogP contribution in [0.25, 0.3) is 10.9 Å². The van der Waals surface area contributed by atoms with Crippen LogP contribution in [0.1, 0.15) is 42.4 Å². The van der Waals surface area contributed by atoms with E-state index in [1.165, 1.54) is 0 Å². The number of H-pyrrole nitrogens is 1. The van der Waals surface area contributed by atoms with Gasteiger partial charge in [0.05, 0.1) is 25.2 Å². The second-order valence-corrected chi connectivity index (χ2v) is 11.5. The average Bonchev–Trinajstić information content (AvgIpc) is 3.70. The number of aromatic amines is 1. The van der Waals surface area contributed by atoms with Crippen molar-refractivity contribution in [3.63, 3.8) is 0 Å². The zero-order valence-corrected chi connectivity index (χ0v) is 25.4. The molecule has 3 aromatic carbocycles. The van der Waals surface area contributed by atoms with E-state index in [0.717, 1.165) is 28.0 Å². The Morgan fingerprint density at radius 1 is 0.889 bits per heavy atom. The van der Waals surface area contributed by atoms with Gasteiger partial charge in [-0.3, -0.25) is 9.69 Å². The van der Waals surface area contributed by atoms with E-state index < -0.39 is 0 Å². The zero-order valence-electron chi connectivity index (χ0n) is 25.4. The van der Waals surface area contributed by atoms with Crippen LogP contribution in [0.3, 0.4) is 0 Å². The van der Waals surface area contributed by atoms with Gasteiger partial charge in [-0.05, 0) is 63.9 Å². The summed E-state index contributed by atoms with van der Waals surface area (Å²) in [6, 6.07) is 19.2. The van der Waals surface area contributed by atoms with Gasteiger partial charge in [0.2, 0.25) is 6.79 Å². The molecule has 2 aliphatic rings. The number of benzene rings is 3. The Morgan fingerprint density at radius 3 is 2.40 bits per heavy atom. The first-order valence-corrected chi connectivity index (χ1v) is 14.9. The molecule has 0 bridgehead atoms. The van der Waals surface area contributed by atoms with E-state index in [-0.39, 0.29) is 24.3 Å². The molecule has 2 aromatic heterocycles. The van der Waals surface area contributed by atoms with Crippen LogP contribution in [-0.4, -0.2) is 57.2 Å². The number of hydrogen-bond donors (Lipinski definition) is 1. The lowest BCUT2D eigenvalue weighted by molar-refractivity contribution is 0.126. The molecule has 1 atom stereocenters. The molecule has 0 saturated heterocycles. The molecule has 0 aliphatic carbocycles. The molecule has 0 unspecified atom stereocenters. The van der Waals surface area contributed by atoms with Gasteiger partial charge in [0.15, 0.2) is 28.8 Å². The third-order valence-corrected chi connectivity index (χ3v) is 8.12. The highest BCUT2D eigenvalue weighted by Gasteiger charge is 2.31. The molecule has 0 saturated carbocycles. The highest BCUT2D eigenvalue weighted by Crippen LogP contribution is 2.37. The van der Waals surface area contributed by atoms with Gasteiger partial charge in [-0.1, -0.05) is 32.0 Å². The average molecular weight is 611 g/mol. The smallest absolute Gasteiger partial charge is 0.252 e. The van der Waals surface area contributed by atoms with Crippen LogP contribution in [0, 0.1) is 5.92 Å². The molecule has 2 aliphatic heterocycles. The van der Waals surface area contributed by atoms with Crippen molar-refractivity contribution in [2.24, 2.45) is 5.92 Å². The maximum Gasteiger partial charge on any atom is 0.252 e. The number of hydrogen-bond acceptors (Lipinski definition) is 10. The molecule has 12 nitrogen and oxygen atoms in total. The summed E-state index contributed by atoms with van der Waals surface area (Å²) in [6.45, 7) is 6.76. The van der Waals surface area contributed by atoms with E-state index in [4.69, 9.17) is 23.7 Å². The van der Waals surface area contributed by atoms with Crippen molar-refractivity contribution in [2.45, 2.75) is 39.5 Å². The number of ether oxygens (including phenoxy) is 5. The molecule has 1 N–H and O–H groups in total. The van der Waals surface area contributed by atoms with Gasteiger partial charge in [-0.25, -0.2) is 4.68 Å². The molecule has 0 amide bonds. The van der Waals surface area contributed by atoms with Gasteiger partial charge >= 0.3 is 0 Å². The Labute approximate surface area is 259 Å². The molecule has 0 radical (unpaired) electrons.